The van der Waals surface area contributed by atoms with Crippen LogP contribution in [0.15, 0.2) is 34.9 Å². The molecule has 0 aliphatic carbocycles. The van der Waals surface area contributed by atoms with E-state index in [1.54, 1.807) is 0 Å². The zero-order valence-corrected chi connectivity index (χ0v) is 8.88. The van der Waals surface area contributed by atoms with Gasteiger partial charge in [0.15, 0.2) is 5.69 Å². The van der Waals surface area contributed by atoms with E-state index >= 15 is 0 Å². The Morgan fingerprint density at radius 2 is 2.06 bits per heavy atom. The summed E-state index contributed by atoms with van der Waals surface area (Å²) in [4.78, 5) is 25.6. The monoisotopic (exact) mass is 250 g/mol. The standard InChI is InChI=1S/C11H7FN2O4/c12-7-4-2-1-3-6(7)9(15)14-11-13-8(5-18-11)10(16)17/h1-5H,(H,16,17)(H,13,14,15). The Kier molecular flexibility index (Phi) is 3.05. The number of aromatic carboxylic acids is 1. The molecule has 7 heteroatoms. The highest BCUT2D eigenvalue weighted by Crippen LogP contribution is 2.11. The quantitative estimate of drug-likeness (QED) is 0.865. The summed E-state index contributed by atoms with van der Waals surface area (Å²) in [5.74, 6) is -2.75. The lowest BCUT2D eigenvalue weighted by Crippen LogP contribution is -2.14. The minimum absolute atomic E-state index is 0.187. The van der Waals surface area contributed by atoms with Crippen LogP contribution in [-0.2, 0) is 0 Å². The number of nitrogens with one attached hydrogen (secondary N) is 1. The first-order valence-corrected chi connectivity index (χ1v) is 4.82. The predicted molar refractivity (Wildman–Crippen MR) is 57.8 cm³/mol. The minimum atomic E-state index is -1.29. The van der Waals surface area contributed by atoms with Gasteiger partial charge < -0.3 is 9.52 Å². The van der Waals surface area contributed by atoms with E-state index in [9.17, 15) is 14.0 Å². The van der Waals surface area contributed by atoms with E-state index in [1.807, 2.05) is 0 Å². The Balaban J connectivity index is 2.16. The topological polar surface area (TPSA) is 92.4 Å². The molecule has 2 aromatic rings. The van der Waals surface area contributed by atoms with E-state index in [4.69, 9.17) is 9.52 Å². The summed E-state index contributed by atoms with van der Waals surface area (Å²) < 4.78 is 18.0. The van der Waals surface area contributed by atoms with Gasteiger partial charge in [-0.05, 0) is 12.1 Å². The van der Waals surface area contributed by atoms with Crippen molar-refractivity contribution in [3.05, 3.63) is 47.6 Å². The molecule has 2 rings (SSSR count). The van der Waals surface area contributed by atoms with Gasteiger partial charge in [0, 0.05) is 0 Å². The van der Waals surface area contributed by atoms with Crippen molar-refractivity contribution in [2.24, 2.45) is 0 Å². The largest absolute Gasteiger partial charge is 0.476 e. The number of rotatable bonds is 3. The Bertz CT molecular complexity index is 609. The van der Waals surface area contributed by atoms with Gasteiger partial charge in [-0.3, -0.25) is 10.1 Å². The van der Waals surface area contributed by atoms with Crippen LogP contribution in [0.25, 0.3) is 0 Å². The molecule has 0 aliphatic rings. The molecule has 1 aromatic heterocycles. The fourth-order valence-corrected chi connectivity index (χ4v) is 1.24. The van der Waals surface area contributed by atoms with Gasteiger partial charge in [0.2, 0.25) is 0 Å². The smallest absolute Gasteiger partial charge is 0.357 e. The van der Waals surface area contributed by atoms with Gasteiger partial charge >= 0.3 is 12.0 Å². The van der Waals surface area contributed by atoms with Crippen molar-refractivity contribution < 1.29 is 23.5 Å². The van der Waals surface area contributed by atoms with Crippen LogP contribution in [0.5, 0.6) is 0 Å². The summed E-state index contributed by atoms with van der Waals surface area (Å²) in [6.45, 7) is 0. The lowest BCUT2D eigenvalue weighted by atomic mass is 10.2. The molecule has 0 saturated heterocycles. The molecule has 0 radical (unpaired) electrons. The highest BCUT2D eigenvalue weighted by Gasteiger charge is 2.15. The molecule has 1 amide bonds. The summed E-state index contributed by atoms with van der Waals surface area (Å²) in [5, 5.41) is 10.8. The van der Waals surface area contributed by atoms with Crippen molar-refractivity contribution in [3.8, 4) is 0 Å². The number of carbonyl (C=O) groups is 2. The molecule has 1 aromatic carbocycles. The number of nitrogens with zero attached hydrogens (tertiary/aromatic N) is 1. The summed E-state index contributed by atoms with van der Waals surface area (Å²) in [7, 11) is 0. The molecular formula is C11H7FN2O4. The average molecular weight is 250 g/mol. The van der Waals surface area contributed by atoms with Crippen LogP contribution in [-0.4, -0.2) is 22.0 Å². The number of amides is 1. The summed E-state index contributed by atoms with van der Waals surface area (Å²) in [6.07, 6.45) is 0.874. The minimum Gasteiger partial charge on any atom is -0.476 e. The lowest BCUT2D eigenvalue weighted by Gasteiger charge is -2.01. The number of carboxylic acids is 1. The molecule has 0 saturated carbocycles. The third kappa shape index (κ3) is 2.34. The van der Waals surface area contributed by atoms with Crippen molar-refractivity contribution in [2.75, 3.05) is 5.32 Å². The van der Waals surface area contributed by atoms with Crippen molar-refractivity contribution >= 4 is 17.9 Å². The SMILES string of the molecule is O=C(O)c1coc(NC(=O)c2ccccc2F)n1. The molecule has 92 valence electrons. The molecule has 1 heterocycles. The maximum Gasteiger partial charge on any atom is 0.357 e. The number of hydrogen-bond donors (Lipinski definition) is 2. The number of oxazole rings is 1. The zero-order chi connectivity index (χ0) is 13.1. The first-order chi connectivity index (χ1) is 8.58. The van der Waals surface area contributed by atoms with Crippen LogP contribution in [0, 0.1) is 5.82 Å². The Labute approximate surface area is 100 Å². The van der Waals surface area contributed by atoms with Gasteiger partial charge in [0.1, 0.15) is 12.1 Å². The van der Waals surface area contributed by atoms with Crippen LogP contribution in [0.3, 0.4) is 0 Å². The van der Waals surface area contributed by atoms with E-state index in [0.29, 0.717) is 0 Å². The Morgan fingerprint density at radius 1 is 1.33 bits per heavy atom. The fourth-order valence-electron chi connectivity index (χ4n) is 1.24. The normalized spacial score (nSPS) is 10.1. The van der Waals surface area contributed by atoms with E-state index in [-0.39, 0.29) is 17.3 Å². The second-order valence-corrected chi connectivity index (χ2v) is 3.28. The summed E-state index contributed by atoms with van der Waals surface area (Å²) >= 11 is 0. The van der Waals surface area contributed by atoms with Crippen molar-refractivity contribution in [3.63, 3.8) is 0 Å². The lowest BCUT2D eigenvalue weighted by molar-refractivity contribution is 0.0690. The number of hydrogen-bond acceptors (Lipinski definition) is 4. The Hall–Kier alpha value is -2.70. The van der Waals surface area contributed by atoms with Gasteiger partial charge in [-0.1, -0.05) is 12.1 Å². The molecule has 0 bridgehead atoms. The molecule has 0 aliphatic heterocycles. The first-order valence-electron chi connectivity index (χ1n) is 4.82. The Morgan fingerprint density at radius 3 is 2.67 bits per heavy atom. The van der Waals surface area contributed by atoms with Crippen LogP contribution in [0.1, 0.15) is 20.8 Å². The number of halogens is 1. The van der Waals surface area contributed by atoms with E-state index in [1.165, 1.54) is 18.2 Å². The third-order valence-electron chi connectivity index (χ3n) is 2.06. The number of carboxylic acid groups (broad SMARTS) is 1. The molecule has 0 fully saturated rings. The van der Waals surface area contributed by atoms with Crippen molar-refractivity contribution in [1.82, 2.24) is 4.98 Å². The molecule has 18 heavy (non-hydrogen) atoms. The predicted octanol–water partition coefficient (Wildman–Crippen LogP) is 1.76. The molecule has 2 N–H and O–H groups in total. The van der Waals surface area contributed by atoms with E-state index in [2.05, 4.69) is 10.3 Å². The van der Waals surface area contributed by atoms with Gasteiger partial charge in [-0.25, -0.2) is 9.18 Å². The number of carbonyl (C=O) groups excluding carboxylic acids is 1. The first kappa shape index (κ1) is 11.8. The highest BCUT2D eigenvalue weighted by atomic mass is 19.1. The third-order valence-corrected chi connectivity index (χ3v) is 2.06. The maximum absolute atomic E-state index is 13.3. The second-order valence-electron chi connectivity index (χ2n) is 3.28. The van der Waals surface area contributed by atoms with Gasteiger partial charge in [0.05, 0.1) is 5.56 Å². The number of benzene rings is 1. The number of aromatic nitrogens is 1. The second kappa shape index (κ2) is 4.66. The molecule has 0 atom stereocenters. The van der Waals surface area contributed by atoms with Gasteiger partial charge in [-0.15, -0.1) is 0 Å². The molecule has 6 nitrogen and oxygen atoms in total. The molecule has 0 spiro atoms. The van der Waals surface area contributed by atoms with Crippen LogP contribution < -0.4 is 5.32 Å². The highest BCUT2D eigenvalue weighted by molar-refractivity contribution is 6.03. The van der Waals surface area contributed by atoms with Crippen molar-refractivity contribution in [1.29, 1.82) is 0 Å². The van der Waals surface area contributed by atoms with E-state index < -0.39 is 17.7 Å². The van der Waals surface area contributed by atoms with E-state index in [0.717, 1.165) is 12.3 Å². The average Bonchev–Trinajstić information content (AvgIpc) is 2.78. The van der Waals surface area contributed by atoms with Gasteiger partial charge in [-0.2, -0.15) is 4.98 Å². The maximum atomic E-state index is 13.3. The van der Waals surface area contributed by atoms with Crippen LogP contribution >= 0.6 is 0 Å². The zero-order valence-electron chi connectivity index (χ0n) is 8.88. The summed E-state index contributed by atoms with van der Waals surface area (Å²) in [5.41, 5.74) is -0.536. The van der Waals surface area contributed by atoms with Crippen LogP contribution in [0.4, 0.5) is 10.4 Å². The molecule has 0 unspecified atom stereocenters. The summed E-state index contributed by atoms with van der Waals surface area (Å²) in [6, 6.07) is 5.05. The fraction of sp³-hybridized carbons (Fsp3) is 0. The van der Waals surface area contributed by atoms with Crippen molar-refractivity contribution in [2.45, 2.75) is 0 Å². The molecular weight excluding hydrogens is 243 g/mol. The van der Waals surface area contributed by atoms with Gasteiger partial charge in [0.25, 0.3) is 5.91 Å². The van der Waals surface area contributed by atoms with Crippen LogP contribution in [0.2, 0.25) is 0 Å². The number of anilines is 1.